The van der Waals surface area contributed by atoms with Crippen LogP contribution in [0.25, 0.3) is 0 Å². The standard InChI is InChI=1S/C23H27F3N2O3S/c1-28-11-5-10-22(14-28,15-6-8-17(30-2)9-7-15)27-21(29)20-18(31-3)12-16(23(24,25)26)13-19(20)32-4/h6-9,12-13H,5,10-11,14H2,1-4H3,(H,27,29). The molecular formula is C23H27F3N2O3S. The lowest BCUT2D eigenvalue weighted by Crippen LogP contribution is -2.55. The van der Waals surface area contributed by atoms with Crippen molar-refractivity contribution >= 4 is 17.7 Å². The third kappa shape index (κ3) is 4.99. The summed E-state index contributed by atoms with van der Waals surface area (Å²) in [6.07, 6.45) is -1.34. The molecule has 0 aliphatic carbocycles. The second-order valence-corrected chi connectivity index (χ2v) is 8.71. The molecule has 1 fully saturated rings. The van der Waals surface area contributed by atoms with Crippen molar-refractivity contribution in [1.29, 1.82) is 0 Å². The summed E-state index contributed by atoms with van der Waals surface area (Å²) in [5, 5.41) is 3.14. The van der Waals surface area contributed by atoms with E-state index in [1.807, 2.05) is 31.3 Å². The molecule has 1 aliphatic rings. The summed E-state index contributed by atoms with van der Waals surface area (Å²) < 4.78 is 50.5. The molecule has 2 aromatic carbocycles. The quantitative estimate of drug-likeness (QED) is 0.618. The van der Waals surface area contributed by atoms with Crippen LogP contribution in [0.15, 0.2) is 41.3 Å². The van der Waals surface area contributed by atoms with Gasteiger partial charge in [0.1, 0.15) is 11.5 Å². The van der Waals surface area contributed by atoms with Crippen molar-refractivity contribution in [2.75, 3.05) is 40.6 Å². The van der Waals surface area contributed by atoms with Gasteiger partial charge in [0.05, 0.1) is 30.9 Å². The van der Waals surface area contributed by atoms with Gasteiger partial charge < -0.3 is 19.7 Å². The molecule has 0 bridgehead atoms. The number of thioether (sulfide) groups is 1. The summed E-state index contributed by atoms with van der Waals surface area (Å²) in [6, 6.07) is 9.38. The second kappa shape index (κ2) is 9.62. The number of carbonyl (C=O) groups excluding carboxylic acids is 1. The van der Waals surface area contributed by atoms with Crippen LogP contribution in [-0.4, -0.2) is 51.4 Å². The molecule has 1 heterocycles. The number of halogens is 3. The Morgan fingerprint density at radius 3 is 2.38 bits per heavy atom. The van der Waals surface area contributed by atoms with Crippen LogP contribution < -0.4 is 14.8 Å². The highest BCUT2D eigenvalue weighted by Gasteiger charge is 2.39. The van der Waals surface area contributed by atoms with E-state index >= 15 is 0 Å². The van der Waals surface area contributed by atoms with Gasteiger partial charge in [-0.3, -0.25) is 4.79 Å². The number of carbonyl (C=O) groups is 1. The number of hydrogen-bond donors (Lipinski definition) is 1. The minimum absolute atomic E-state index is 0.101. The average Bonchev–Trinajstić information content (AvgIpc) is 2.77. The van der Waals surface area contributed by atoms with Gasteiger partial charge in [0.2, 0.25) is 0 Å². The summed E-state index contributed by atoms with van der Waals surface area (Å²) >= 11 is 1.08. The van der Waals surface area contributed by atoms with Gasteiger partial charge in [0.25, 0.3) is 5.91 Å². The highest BCUT2D eigenvalue weighted by molar-refractivity contribution is 7.98. The van der Waals surface area contributed by atoms with E-state index in [2.05, 4.69) is 10.2 Å². The third-order valence-corrected chi connectivity index (χ3v) is 6.50. The molecule has 0 radical (unpaired) electrons. The van der Waals surface area contributed by atoms with E-state index in [1.54, 1.807) is 13.4 Å². The SMILES string of the molecule is COc1ccc(C2(NC(=O)c3c(OC)cc(C(F)(F)F)cc3SC)CCCN(C)C2)cc1. The Morgan fingerprint density at radius 2 is 1.84 bits per heavy atom. The van der Waals surface area contributed by atoms with Gasteiger partial charge in [-0.1, -0.05) is 12.1 Å². The number of nitrogens with zero attached hydrogens (tertiary/aromatic N) is 1. The van der Waals surface area contributed by atoms with Crippen molar-refractivity contribution in [2.45, 2.75) is 29.5 Å². The number of likely N-dealkylation sites (tertiary alicyclic amines) is 1. The van der Waals surface area contributed by atoms with Gasteiger partial charge in [-0.05, 0) is 62.5 Å². The van der Waals surface area contributed by atoms with Crippen LogP contribution in [0.5, 0.6) is 11.5 Å². The zero-order valence-electron chi connectivity index (χ0n) is 18.5. The second-order valence-electron chi connectivity index (χ2n) is 7.86. The predicted molar refractivity (Wildman–Crippen MR) is 119 cm³/mol. The number of methoxy groups -OCH3 is 2. The van der Waals surface area contributed by atoms with E-state index in [4.69, 9.17) is 9.47 Å². The number of alkyl halides is 3. The molecule has 1 amide bonds. The van der Waals surface area contributed by atoms with E-state index in [9.17, 15) is 18.0 Å². The normalized spacial score (nSPS) is 19.5. The lowest BCUT2D eigenvalue weighted by molar-refractivity contribution is -0.137. The van der Waals surface area contributed by atoms with Crippen molar-refractivity contribution in [3.63, 3.8) is 0 Å². The Labute approximate surface area is 190 Å². The Kier molecular flexibility index (Phi) is 7.29. The van der Waals surface area contributed by atoms with Crippen molar-refractivity contribution < 1.29 is 27.4 Å². The molecule has 174 valence electrons. The van der Waals surface area contributed by atoms with Gasteiger partial charge in [-0.25, -0.2) is 0 Å². The Balaban J connectivity index is 2.04. The first-order valence-electron chi connectivity index (χ1n) is 10.1. The van der Waals surface area contributed by atoms with Crippen LogP contribution in [0.2, 0.25) is 0 Å². The highest BCUT2D eigenvalue weighted by atomic mass is 32.2. The van der Waals surface area contributed by atoms with E-state index in [-0.39, 0.29) is 16.2 Å². The topological polar surface area (TPSA) is 50.8 Å². The van der Waals surface area contributed by atoms with Crippen LogP contribution in [-0.2, 0) is 11.7 Å². The number of amides is 1. The zero-order chi connectivity index (χ0) is 23.5. The van der Waals surface area contributed by atoms with Crippen molar-refractivity contribution in [1.82, 2.24) is 10.2 Å². The molecule has 1 aliphatic heterocycles. The molecule has 1 atom stereocenters. The Morgan fingerprint density at radius 1 is 1.16 bits per heavy atom. The molecule has 1 unspecified atom stereocenters. The lowest BCUT2D eigenvalue weighted by Gasteiger charge is -2.42. The summed E-state index contributed by atoms with van der Waals surface area (Å²) in [5.74, 6) is 0.134. The molecule has 0 spiro atoms. The summed E-state index contributed by atoms with van der Waals surface area (Å²) in [4.78, 5) is 15.9. The van der Waals surface area contributed by atoms with E-state index in [0.717, 1.165) is 42.4 Å². The zero-order valence-corrected chi connectivity index (χ0v) is 19.3. The van der Waals surface area contributed by atoms with Gasteiger partial charge in [-0.2, -0.15) is 13.2 Å². The molecule has 3 rings (SSSR count). The largest absolute Gasteiger partial charge is 0.497 e. The van der Waals surface area contributed by atoms with Gasteiger partial charge >= 0.3 is 6.18 Å². The molecule has 0 aromatic heterocycles. The predicted octanol–water partition coefficient (Wildman–Crippen LogP) is 4.80. The fourth-order valence-corrected chi connectivity index (χ4v) is 4.81. The van der Waals surface area contributed by atoms with E-state index < -0.39 is 23.2 Å². The first-order valence-corrected chi connectivity index (χ1v) is 11.3. The van der Waals surface area contributed by atoms with Crippen molar-refractivity contribution in [3.8, 4) is 11.5 Å². The molecule has 2 aromatic rings. The molecule has 32 heavy (non-hydrogen) atoms. The molecular weight excluding hydrogens is 441 g/mol. The van der Waals surface area contributed by atoms with Crippen LogP contribution >= 0.6 is 11.8 Å². The minimum atomic E-state index is -4.54. The third-order valence-electron chi connectivity index (χ3n) is 5.74. The monoisotopic (exact) mass is 468 g/mol. The van der Waals surface area contributed by atoms with Gasteiger partial charge in [-0.15, -0.1) is 11.8 Å². The number of rotatable bonds is 6. The molecule has 0 saturated carbocycles. The number of likely N-dealkylation sites (N-methyl/N-ethyl adjacent to an activating group) is 1. The number of nitrogens with one attached hydrogen (secondary N) is 1. The maximum atomic E-state index is 13.5. The molecule has 1 saturated heterocycles. The van der Waals surface area contributed by atoms with E-state index in [0.29, 0.717) is 18.7 Å². The first kappa shape index (κ1) is 24.3. The molecule has 5 nitrogen and oxygen atoms in total. The maximum absolute atomic E-state index is 13.5. The van der Waals surface area contributed by atoms with Crippen molar-refractivity contribution in [2.24, 2.45) is 0 Å². The molecule has 1 N–H and O–H groups in total. The number of ether oxygens (including phenoxy) is 2. The van der Waals surface area contributed by atoms with E-state index in [1.165, 1.54) is 7.11 Å². The summed E-state index contributed by atoms with van der Waals surface area (Å²) in [6.45, 7) is 1.47. The fourth-order valence-electron chi connectivity index (χ4n) is 4.17. The maximum Gasteiger partial charge on any atom is 0.416 e. The lowest BCUT2D eigenvalue weighted by atomic mass is 9.82. The highest BCUT2D eigenvalue weighted by Crippen LogP contribution is 2.39. The Bertz CT molecular complexity index is 941. The van der Waals surface area contributed by atoms with Crippen LogP contribution in [0.4, 0.5) is 13.2 Å². The first-order chi connectivity index (χ1) is 15.1. The minimum Gasteiger partial charge on any atom is -0.497 e. The van der Waals surface area contributed by atoms with Crippen LogP contribution in [0.1, 0.15) is 34.3 Å². The number of piperidine rings is 1. The summed E-state index contributed by atoms with van der Waals surface area (Å²) in [7, 11) is 4.83. The average molecular weight is 469 g/mol. The van der Waals surface area contributed by atoms with Crippen LogP contribution in [0.3, 0.4) is 0 Å². The van der Waals surface area contributed by atoms with Crippen LogP contribution in [0, 0.1) is 0 Å². The van der Waals surface area contributed by atoms with Gasteiger partial charge in [0, 0.05) is 11.4 Å². The van der Waals surface area contributed by atoms with Gasteiger partial charge in [0.15, 0.2) is 0 Å². The number of hydrogen-bond acceptors (Lipinski definition) is 5. The summed E-state index contributed by atoms with van der Waals surface area (Å²) in [5.41, 5.74) is -0.527. The van der Waals surface area contributed by atoms with Crippen molar-refractivity contribution in [3.05, 3.63) is 53.1 Å². The fraction of sp³-hybridized carbons (Fsp3) is 0.435. The smallest absolute Gasteiger partial charge is 0.416 e. The molecule has 9 heteroatoms. The Hall–Kier alpha value is -2.39. The number of benzene rings is 2.